The van der Waals surface area contributed by atoms with E-state index in [-0.39, 0.29) is 24.5 Å². The van der Waals surface area contributed by atoms with Crippen molar-refractivity contribution in [3.63, 3.8) is 0 Å². The van der Waals surface area contributed by atoms with Crippen LogP contribution in [-0.2, 0) is 14.3 Å². The highest BCUT2D eigenvalue weighted by molar-refractivity contribution is 5.82. The van der Waals surface area contributed by atoms with Gasteiger partial charge in [-0.25, -0.2) is 0 Å². The third-order valence-corrected chi connectivity index (χ3v) is 4.18. The monoisotopic (exact) mass is 298 g/mol. The number of nitrogens with zero attached hydrogens (tertiary/aromatic N) is 1. The molecule has 0 aliphatic carbocycles. The molecule has 5 heteroatoms. The zero-order chi connectivity index (χ0) is 15.8. The van der Waals surface area contributed by atoms with Crippen molar-refractivity contribution >= 4 is 11.9 Å². The molecule has 1 N–H and O–H groups in total. The summed E-state index contributed by atoms with van der Waals surface area (Å²) >= 11 is 0. The van der Waals surface area contributed by atoms with Crippen LogP contribution in [0.3, 0.4) is 0 Å². The minimum atomic E-state index is -0.327. The molecule has 1 aliphatic heterocycles. The van der Waals surface area contributed by atoms with E-state index in [2.05, 4.69) is 12.2 Å². The Balaban J connectivity index is 2.53. The Morgan fingerprint density at radius 3 is 2.57 bits per heavy atom. The predicted molar refractivity (Wildman–Crippen MR) is 82.9 cm³/mol. The smallest absolute Gasteiger partial charge is 0.325 e. The van der Waals surface area contributed by atoms with E-state index in [0.717, 1.165) is 13.1 Å². The first-order valence-corrected chi connectivity index (χ1v) is 8.11. The molecular weight excluding hydrogens is 268 g/mol. The Bertz CT molecular complexity index is 338. The Hall–Kier alpha value is -1.10. The number of rotatable bonds is 7. The molecule has 1 saturated heterocycles. The number of nitrogens with one attached hydrogen (secondary N) is 1. The van der Waals surface area contributed by atoms with Crippen molar-refractivity contribution in [2.24, 2.45) is 11.8 Å². The number of amides is 1. The molecule has 2 atom stereocenters. The summed E-state index contributed by atoms with van der Waals surface area (Å²) in [6, 6.07) is 0.0126. The van der Waals surface area contributed by atoms with Crippen LogP contribution in [0.15, 0.2) is 0 Å². The van der Waals surface area contributed by atoms with Gasteiger partial charge in [-0.2, -0.15) is 0 Å². The van der Waals surface area contributed by atoms with E-state index in [4.69, 9.17) is 4.74 Å². The summed E-state index contributed by atoms with van der Waals surface area (Å²) in [5, 5.41) is 3.39. The molecule has 0 aromatic heterocycles. The topological polar surface area (TPSA) is 58.6 Å². The number of carbonyl (C=O) groups is 2. The van der Waals surface area contributed by atoms with Gasteiger partial charge in [-0.05, 0) is 58.5 Å². The fourth-order valence-electron chi connectivity index (χ4n) is 2.83. The first-order valence-electron chi connectivity index (χ1n) is 8.11. The normalized spacial score (nSPS) is 20.1. The highest BCUT2D eigenvalue weighted by atomic mass is 16.5. The highest BCUT2D eigenvalue weighted by Crippen LogP contribution is 2.23. The van der Waals surface area contributed by atoms with Gasteiger partial charge in [0.1, 0.15) is 6.54 Å². The van der Waals surface area contributed by atoms with Gasteiger partial charge in [0.25, 0.3) is 0 Å². The molecule has 1 fully saturated rings. The van der Waals surface area contributed by atoms with Gasteiger partial charge in [0.2, 0.25) is 5.91 Å². The molecule has 2 unspecified atom stereocenters. The fraction of sp³-hybridized carbons (Fsp3) is 0.875. The summed E-state index contributed by atoms with van der Waals surface area (Å²) in [4.78, 5) is 25.7. The zero-order valence-corrected chi connectivity index (χ0v) is 13.9. The van der Waals surface area contributed by atoms with Crippen molar-refractivity contribution in [1.29, 1.82) is 0 Å². The van der Waals surface area contributed by atoms with Crippen molar-refractivity contribution in [2.75, 3.05) is 26.2 Å². The highest BCUT2D eigenvalue weighted by Gasteiger charge is 2.26. The second-order valence-electron chi connectivity index (χ2n) is 6.21. The molecule has 1 aliphatic rings. The lowest BCUT2D eigenvalue weighted by atomic mass is 9.85. The molecule has 1 heterocycles. The van der Waals surface area contributed by atoms with E-state index in [1.54, 1.807) is 11.8 Å². The maximum absolute atomic E-state index is 12.5. The summed E-state index contributed by atoms with van der Waals surface area (Å²) in [5.74, 6) is 0.621. The number of esters is 1. The van der Waals surface area contributed by atoms with Crippen LogP contribution >= 0.6 is 0 Å². The summed E-state index contributed by atoms with van der Waals surface area (Å²) in [7, 11) is 0. The molecule has 1 rings (SSSR count). The van der Waals surface area contributed by atoms with E-state index < -0.39 is 0 Å². The number of ether oxygens (including phenoxy) is 1. The standard InChI is InChI=1S/C16H30N2O3/c1-5-21-16(20)11-18(12(2)3)15(19)9-13(4)14-7-6-8-17-10-14/h12-14,17H,5-11H2,1-4H3. The van der Waals surface area contributed by atoms with Crippen molar-refractivity contribution in [1.82, 2.24) is 10.2 Å². The number of piperidine rings is 1. The van der Waals surface area contributed by atoms with E-state index in [9.17, 15) is 9.59 Å². The molecular formula is C16H30N2O3. The van der Waals surface area contributed by atoms with Crippen molar-refractivity contribution in [2.45, 2.75) is 53.0 Å². The van der Waals surface area contributed by atoms with Crippen molar-refractivity contribution < 1.29 is 14.3 Å². The predicted octanol–water partition coefficient (Wildman–Crippen LogP) is 1.81. The summed E-state index contributed by atoms with van der Waals surface area (Å²) in [6.07, 6.45) is 2.87. The van der Waals surface area contributed by atoms with Crippen LogP contribution in [0.4, 0.5) is 0 Å². The van der Waals surface area contributed by atoms with E-state index in [0.29, 0.717) is 24.9 Å². The van der Waals surface area contributed by atoms with Gasteiger partial charge in [-0.3, -0.25) is 9.59 Å². The van der Waals surface area contributed by atoms with E-state index >= 15 is 0 Å². The SMILES string of the molecule is CCOC(=O)CN(C(=O)CC(C)C1CCCNC1)C(C)C. The van der Waals surface area contributed by atoms with Crippen LogP contribution in [0.25, 0.3) is 0 Å². The molecule has 0 radical (unpaired) electrons. The molecule has 21 heavy (non-hydrogen) atoms. The average molecular weight is 298 g/mol. The maximum Gasteiger partial charge on any atom is 0.325 e. The molecule has 0 saturated carbocycles. The molecule has 0 spiro atoms. The van der Waals surface area contributed by atoms with Crippen LogP contribution in [-0.4, -0.2) is 49.1 Å². The lowest BCUT2D eigenvalue weighted by molar-refractivity contribution is -0.150. The fourth-order valence-corrected chi connectivity index (χ4v) is 2.83. The molecule has 0 aromatic rings. The Morgan fingerprint density at radius 1 is 1.33 bits per heavy atom. The van der Waals surface area contributed by atoms with Gasteiger partial charge in [0.05, 0.1) is 6.61 Å². The molecule has 5 nitrogen and oxygen atoms in total. The Morgan fingerprint density at radius 2 is 2.05 bits per heavy atom. The van der Waals surface area contributed by atoms with Crippen molar-refractivity contribution in [3.05, 3.63) is 0 Å². The van der Waals surface area contributed by atoms with Crippen LogP contribution in [0.5, 0.6) is 0 Å². The summed E-state index contributed by atoms with van der Waals surface area (Å²) < 4.78 is 4.95. The van der Waals surface area contributed by atoms with Gasteiger partial charge >= 0.3 is 5.97 Å². The second-order valence-corrected chi connectivity index (χ2v) is 6.21. The molecule has 0 bridgehead atoms. The van der Waals surface area contributed by atoms with E-state index in [1.807, 2.05) is 13.8 Å². The van der Waals surface area contributed by atoms with Gasteiger partial charge in [0, 0.05) is 12.5 Å². The van der Waals surface area contributed by atoms with Gasteiger partial charge in [0.15, 0.2) is 0 Å². The lowest BCUT2D eigenvalue weighted by Crippen LogP contribution is -2.43. The van der Waals surface area contributed by atoms with E-state index in [1.165, 1.54) is 12.8 Å². The minimum absolute atomic E-state index is 0.0126. The molecule has 122 valence electrons. The summed E-state index contributed by atoms with van der Waals surface area (Å²) in [6.45, 7) is 10.3. The Kier molecular flexibility index (Phi) is 7.72. The summed E-state index contributed by atoms with van der Waals surface area (Å²) in [5.41, 5.74) is 0. The lowest BCUT2D eigenvalue weighted by Gasteiger charge is -2.31. The van der Waals surface area contributed by atoms with Gasteiger partial charge < -0.3 is 15.0 Å². The average Bonchev–Trinajstić information content (AvgIpc) is 2.45. The van der Waals surface area contributed by atoms with Gasteiger partial charge in [-0.1, -0.05) is 6.92 Å². The third kappa shape index (κ3) is 6.04. The molecule has 0 aromatic carbocycles. The number of hydrogen-bond donors (Lipinski definition) is 1. The quantitative estimate of drug-likeness (QED) is 0.728. The van der Waals surface area contributed by atoms with Gasteiger partial charge in [-0.15, -0.1) is 0 Å². The van der Waals surface area contributed by atoms with Crippen LogP contribution in [0, 0.1) is 11.8 Å². The zero-order valence-electron chi connectivity index (χ0n) is 13.9. The van der Waals surface area contributed by atoms with Crippen LogP contribution < -0.4 is 5.32 Å². The van der Waals surface area contributed by atoms with Crippen molar-refractivity contribution in [3.8, 4) is 0 Å². The largest absolute Gasteiger partial charge is 0.465 e. The minimum Gasteiger partial charge on any atom is -0.465 e. The first kappa shape index (κ1) is 18.0. The van der Waals surface area contributed by atoms with Crippen LogP contribution in [0.1, 0.15) is 47.0 Å². The third-order valence-electron chi connectivity index (χ3n) is 4.18. The first-order chi connectivity index (χ1) is 9.95. The number of hydrogen-bond acceptors (Lipinski definition) is 4. The number of carbonyl (C=O) groups excluding carboxylic acids is 2. The molecule has 1 amide bonds. The Labute approximate surface area is 128 Å². The second kappa shape index (κ2) is 9.03. The maximum atomic E-state index is 12.5. The van der Waals surface area contributed by atoms with Crippen LogP contribution in [0.2, 0.25) is 0 Å².